The Morgan fingerprint density at radius 3 is 2.67 bits per heavy atom. The summed E-state index contributed by atoms with van der Waals surface area (Å²) in [5.41, 5.74) is 0.398. The zero-order valence-electron chi connectivity index (χ0n) is 10.8. The van der Waals surface area contributed by atoms with E-state index in [4.69, 9.17) is 4.74 Å². The van der Waals surface area contributed by atoms with Crippen molar-refractivity contribution in [2.45, 2.75) is 40.5 Å². The summed E-state index contributed by atoms with van der Waals surface area (Å²) < 4.78 is 5.47. The lowest BCUT2D eigenvalue weighted by molar-refractivity contribution is 0.0534. The van der Waals surface area contributed by atoms with Crippen molar-refractivity contribution in [3.8, 4) is 0 Å². The summed E-state index contributed by atoms with van der Waals surface area (Å²) in [7, 11) is 0. The zero-order chi connectivity index (χ0) is 11.3. The van der Waals surface area contributed by atoms with Crippen LogP contribution in [-0.4, -0.2) is 26.3 Å². The SMILES string of the molecule is CC(C)C(C)(C)CNCC1CCCOC1. The number of ether oxygens (including phenoxy) is 1. The van der Waals surface area contributed by atoms with Gasteiger partial charge in [0, 0.05) is 19.7 Å². The molecule has 90 valence electrons. The highest BCUT2D eigenvalue weighted by Crippen LogP contribution is 2.24. The Bertz CT molecular complexity index is 171. The van der Waals surface area contributed by atoms with E-state index in [9.17, 15) is 0 Å². The molecule has 2 nitrogen and oxygen atoms in total. The number of hydrogen-bond donors (Lipinski definition) is 1. The summed E-state index contributed by atoms with van der Waals surface area (Å²) in [5, 5.41) is 3.60. The molecule has 0 amide bonds. The van der Waals surface area contributed by atoms with Gasteiger partial charge in [0.25, 0.3) is 0 Å². The van der Waals surface area contributed by atoms with Gasteiger partial charge < -0.3 is 10.1 Å². The molecule has 1 aliphatic rings. The molecule has 1 atom stereocenters. The number of nitrogens with one attached hydrogen (secondary N) is 1. The van der Waals surface area contributed by atoms with Crippen molar-refractivity contribution in [1.29, 1.82) is 0 Å². The smallest absolute Gasteiger partial charge is 0.0506 e. The standard InChI is InChI=1S/C13H27NO/c1-11(2)13(3,4)10-14-8-12-6-5-7-15-9-12/h11-12,14H,5-10H2,1-4H3. The molecule has 0 aromatic heterocycles. The highest BCUT2D eigenvalue weighted by molar-refractivity contribution is 4.76. The van der Waals surface area contributed by atoms with Crippen LogP contribution in [0.2, 0.25) is 0 Å². The van der Waals surface area contributed by atoms with Gasteiger partial charge in [-0.3, -0.25) is 0 Å². The third-order valence-corrected chi connectivity index (χ3v) is 3.83. The Morgan fingerprint density at radius 1 is 1.40 bits per heavy atom. The molecule has 0 radical (unpaired) electrons. The quantitative estimate of drug-likeness (QED) is 0.758. The van der Waals surface area contributed by atoms with Crippen LogP contribution in [-0.2, 0) is 4.74 Å². The first-order valence-electron chi connectivity index (χ1n) is 6.31. The fourth-order valence-electron chi connectivity index (χ4n) is 1.77. The summed E-state index contributed by atoms with van der Waals surface area (Å²) in [6, 6.07) is 0. The van der Waals surface area contributed by atoms with E-state index in [2.05, 4.69) is 33.0 Å². The largest absolute Gasteiger partial charge is 0.381 e. The molecule has 1 unspecified atom stereocenters. The van der Waals surface area contributed by atoms with Gasteiger partial charge in [0.2, 0.25) is 0 Å². The van der Waals surface area contributed by atoms with Crippen molar-refractivity contribution in [2.24, 2.45) is 17.3 Å². The number of hydrogen-bond acceptors (Lipinski definition) is 2. The highest BCUT2D eigenvalue weighted by Gasteiger charge is 2.22. The summed E-state index contributed by atoms with van der Waals surface area (Å²) in [5.74, 6) is 1.47. The number of rotatable bonds is 5. The summed E-state index contributed by atoms with van der Waals surface area (Å²) in [6.45, 7) is 13.4. The van der Waals surface area contributed by atoms with Crippen molar-refractivity contribution in [2.75, 3.05) is 26.3 Å². The first-order valence-corrected chi connectivity index (χ1v) is 6.31. The molecule has 1 N–H and O–H groups in total. The fraction of sp³-hybridized carbons (Fsp3) is 1.00. The molecule has 0 aromatic carbocycles. The van der Waals surface area contributed by atoms with Crippen molar-refractivity contribution < 1.29 is 4.74 Å². The van der Waals surface area contributed by atoms with Crippen molar-refractivity contribution >= 4 is 0 Å². The zero-order valence-corrected chi connectivity index (χ0v) is 10.8. The van der Waals surface area contributed by atoms with E-state index >= 15 is 0 Å². The molecule has 1 heterocycles. The second-order valence-corrected chi connectivity index (χ2v) is 5.86. The molecule has 15 heavy (non-hydrogen) atoms. The van der Waals surface area contributed by atoms with Gasteiger partial charge in [0.1, 0.15) is 0 Å². The molecule has 0 bridgehead atoms. The maximum absolute atomic E-state index is 5.47. The molecule has 1 aliphatic heterocycles. The normalized spacial score (nSPS) is 23.4. The lowest BCUT2D eigenvalue weighted by atomic mass is 9.81. The van der Waals surface area contributed by atoms with Crippen LogP contribution in [0.4, 0.5) is 0 Å². The van der Waals surface area contributed by atoms with Gasteiger partial charge in [0.05, 0.1) is 6.61 Å². The molecule has 0 saturated carbocycles. The van der Waals surface area contributed by atoms with Crippen molar-refractivity contribution in [3.63, 3.8) is 0 Å². The Labute approximate surface area is 94.8 Å². The molecule has 0 spiro atoms. The van der Waals surface area contributed by atoms with Crippen molar-refractivity contribution in [3.05, 3.63) is 0 Å². The van der Waals surface area contributed by atoms with Gasteiger partial charge in [-0.05, 0) is 30.1 Å². The van der Waals surface area contributed by atoms with Crippen LogP contribution in [0.5, 0.6) is 0 Å². The van der Waals surface area contributed by atoms with Crippen LogP contribution in [0.15, 0.2) is 0 Å². The minimum atomic E-state index is 0.398. The Kier molecular flexibility index (Phi) is 5.07. The van der Waals surface area contributed by atoms with E-state index in [0.717, 1.165) is 38.1 Å². The minimum absolute atomic E-state index is 0.398. The van der Waals surface area contributed by atoms with E-state index < -0.39 is 0 Å². The highest BCUT2D eigenvalue weighted by atomic mass is 16.5. The van der Waals surface area contributed by atoms with E-state index in [-0.39, 0.29) is 0 Å². The van der Waals surface area contributed by atoms with Gasteiger partial charge in [-0.1, -0.05) is 27.7 Å². The fourth-order valence-corrected chi connectivity index (χ4v) is 1.77. The van der Waals surface area contributed by atoms with Gasteiger partial charge in [0.15, 0.2) is 0 Å². The molecule has 0 aromatic rings. The van der Waals surface area contributed by atoms with Crippen LogP contribution in [0.3, 0.4) is 0 Å². The monoisotopic (exact) mass is 213 g/mol. The second kappa shape index (κ2) is 5.86. The second-order valence-electron chi connectivity index (χ2n) is 5.86. The first-order chi connectivity index (χ1) is 7.02. The lowest BCUT2D eigenvalue weighted by Gasteiger charge is -2.31. The average molecular weight is 213 g/mol. The molecule has 1 rings (SSSR count). The Morgan fingerprint density at radius 2 is 2.13 bits per heavy atom. The van der Waals surface area contributed by atoms with Gasteiger partial charge in [-0.25, -0.2) is 0 Å². The molecular formula is C13H27NO. The van der Waals surface area contributed by atoms with E-state index in [0.29, 0.717) is 5.41 Å². The van der Waals surface area contributed by atoms with E-state index in [1.54, 1.807) is 0 Å². The summed E-state index contributed by atoms with van der Waals surface area (Å²) in [6.07, 6.45) is 2.56. The van der Waals surface area contributed by atoms with Crippen LogP contribution < -0.4 is 5.32 Å². The van der Waals surface area contributed by atoms with Gasteiger partial charge >= 0.3 is 0 Å². The van der Waals surface area contributed by atoms with Crippen LogP contribution in [0.25, 0.3) is 0 Å². The topological polar surface area (TPSA) is 21.3 Å². The molecule has 1 fully saturated rings. The predicted octanol–water partition coefficient (Wildman–Crippen LogP) is 2.68. The Hall–Kier alpha value is -0.0800. The first kappa shape index (κ1) is 13.0. The third kappa shape index (κ3) is 4.52. The maximum atomic E-state index is 5.47. The maximum Gasteiger partial charge on any atom is 0.0506 e. The molecule has 1 saturated heterocycles. The van der Waals surface area contributed by atoms with E-state index in [1.165, 1.54) is 12.8 Å². The van der Waals surface area contributed by atoms with E-state index in [1.807, 2.05) is 0 Å². The molecule has 0 aliphatic carbocycles. The van der Waals surface area contributed by atoms with Crippen LogP contribution in [0, 0.1) is 17.3 Å². The van der Waals surface area contributed by atoms with Crippen LogP contribution in [0.1, 0.15) is 40.5 Å². The van der Waals surface area contributed by atoms with Gasteiger partial charge in [-0.2, -0.15) is 0 Å². The lowest BCUT2D eigenvalue weighted by Crippen LogP contribution is -2.37. The Balaban J connectivity index is 2.14. The molecule has 2 heteroatoms. The molecular weight excluding hydrogens is 186 g/mol. The average Bonchev–Trinajstić information content (AvgIpc) is 2.19. The van der Waals surface area contributed by atoms with Crippen molar-refractivity contribution in [1.82, 2.24) is 5.32 Å². The summed E-state index contributed by atoms with van der Waals surface area (Å²) >= 11 is 0. The van der Waals surface area contributed by atoms with Crippen LogP contribution >= 0.6 is 0 Å². The minimum Gasteiger partial charge on any atom is -0.381 e. The predicted molar refractivity (Wildman–Crippen MR) is 65.0 cm³/mol. The summed E-state index contributed by atoms with van der Waals surface area (Å²) in [4.78, 5) is 0. The third-order valence-electron chi connectivity index (χ3n) is 3.83. The van der Waals surface area contributed by atoms with Gasteiger partial charge in [-0.15, -0.1) is 0 Å².